The molecule has 0 spiro atoms. The summed E-state index contributed by atoms with van der Waals surface area (Å²) in [5.74, 6) is 0.330. The molecule has 1 aliphatic heterocycles. The molecule has 0 unspecified atom stereocenters. The number of benzene rings is 2. The summed E-state index contributed by atoms with van der Waals surface area (Å²) in [4.78, 5) is 31.6. The standard InChI is InChI=1S/C24H27N3O2/c1-18(28)19-9-11-21(12-10-19)26-13-15-27(16-14-26)24(29)8-4-5-20-17-25-23-7-3-2-6-22(20)23/h2-3,6-7,9-12,17,25H,4-5,8,13-16H2,1H3. The van der Waals surface area contributed by atoms with Gasteiger partial charge in [-0.1, -0.05) is 18.2 Å². The summed E-state index contributed by atoms with van der Waals surface area (Å²) >= 11 is 0. The van der Waals surface area contributed by atoms with Gasteiger partial charge in [0.2, 0.25) is 5.91 Å². The first-order chi connectivity index (χ1) is 14.1. The summed E-state index contributed by atoms with van der Waals surface area (Å²) < 4.78 is 0. The molecule has 1 aliphatic rings. The lowest BCUT2D eigenvalue weighted by molar-refractivity contribution is -0.131. The number of anilines is 1. The molecule has 29 heavy (non-hydrogen) atoms. The second-order valence-electron chi connectivity index (χ2n) is 7.68. The second-order valence-corrected chi connectivity index (χ2v) is 7.68. The smallest absolute Gasteiger partial charge is 0.222 e. The number of nitrogens with zero attached hydrogens (tertiary/aromatic N) is 2. The van der Waals surface area contributed by atoms with Crippen LogP contribution in [0.4, 0.5) is 5.69 Å². The van der Waals surface area contributed by atoms with Gasteiger partial charge in [-0.3, -0.25) is 9.59 Å². The predicted octanol–water partition coefficient (Wildman–Crippen LogP) is 4.04. The van der Waals surface area contributed by atoms with Crippen LogP contribution in [0.3, 0.4) is 0 Å². The molecule has 1 saturated heterocycles. The van der Waals surface area contributed by atoms with E-state index in [4.69, 9.17) is 0 Å². The zero-order chi connectivity index (χ0) is 20.2. The first kappa shape index (κ1) is 19.2. The Bertz CT molecular complexity index is 998. The second kappa shape index (κ2) is 8.52. The number of para-hydroxylation sites is 1. The highest BCUT2D eigenvalue weighted by Gasteiger charge is 2.21. The monoisotopic (exact) mass is 389 g/mol. The minimum atomic E-state index is 0.0830. The third-order valence-corrected chi connectivity index (χ3v) is 5.78. The number of rotatable bonds is 6. The van der Waals surface area contributed by atoms with Crippen molar-refractivity contribution in [1.29, 1.82) is 0 Å². The Morgan fingerprint density at radius 1 is 0.966 bits per heavy atom. The van der Waals surface area contributed by atoms with E-state index in [1.165, 1.54) is 10.9 Å². The van der Waals surface area contributed by atoms with E-state index >= 15 is 0 Å². The van der Waals surface area contributed by atoms with E-state index in [2.05, 4.69) is 34.3 Å². The Labute approximate surface area is 171 Å². The fraction of sp³-hybridized carbons (Fsp3) is 0.333. The Morgan fingerprint density at radius 2 is 1.69 bits per heavy atom. The van der Waals surface area contributed by atoms with Gasteiger partial charge in [0.05, 0.1) is 0 Å². The van der Waals surface area contributed by atoms with E-state index in [1.54, 1.807) is 6.92 Å². The molecule has 0 radical (unpaired) electrons. The molecule has 0 saturated carbocycles. The van der Waals surface area contributed by atoms with Crippen molar-refractivity contribution < 1.29 is 9.59 Å². The van der Waals surface area contributed by atoms with Gasteiger partial charge < -0.3 is 14.8 Å². The third kappa shape index (κ3) is 4.34. The normalized spacial score (nSPS) is 14.4. The lowest BCUT2D eigenvalue weighted by Gasteiger charge is -2.36. The van der Waals surface area contributed by atoms with Crippen LogP contribution in [-0.4, -0.2) is 47.8 Å². The minimum Gasteiger partial charge on any atom is -0.368 e. The van der Waals surface area contributed by atoms with Crippen molar-refractivity contribution in [1.82, 2.24) is 9.88 Å². The number of H-pyrrole nitrogens is 1. The number of hydrogen-bond donors (Lipinski definition) is 1. The van der Waals surface area contributed by atoms with Crippen molar-refractivity contribution in [3.8, 4) is 0 Å². The maximum atomic E-state index is 12.6. The van der Waals surface area contributed by atoms with Crippen LogP contribution in [0.1, 0.15) is 35.7 Å². The summed E-state index contributed by atoms with van der Waals surface area (Å²) in [5.41, 5.74) is 4.28. The largest absolute Gasteiger partial charge is 0.368 e. The number of amides is 1. The minimum absolute atomic E-state index is 0.0830. The molecule has 0 atom stereocenters. The molecule has 5 heteroatoms. The van der Waals surface area contributed by atoms with E-state index < -0.39 is 0 Å². The molecule has 5 nitrogen and oxygen atoms in total. The molecule has 1 fully saturated rings. The molecule has 150 valence electrons. The molecule has 2 aromatic carbocycles. The van der Waals surface area contributed by atoms with Gasteiger partial charge in [0, 0.05) is 61.0 Å². The molecule has 0 aliphatic carbocycles. The average molecular weight is 389 g/mol. The number of fused-ring (bicyclic) bond motifs is 1. The maximum absolute atomic E-state index is 12.6. The Kier molecular flexibility index (Phi) is 5.65. The Balaban J connectivity index is 1.25. The number of aromatic amines is 1. The van der Waals surface area contributed by atoms with Crippen molar-refractivity contribution in [2.75, 3.05) is 31.1 Å². The zero-order valence-electron chi connectivity index (χ0n) is 16.9. The number of nitrogens with one attached hydrogen (secondary N) is 1. The van der Waals surface area contributed by atoms with Crippen LogP contribution in [0.2, 0.25) is 0 Å². The van der Waals surface area contributed by atoms with Crippen molar-refractivity contribution in [2.45, 2.75) is 26.2 Å². The van der Waals surface area contributed by atoms with E-state index in [-0.39, 0.29) is 11.7 Å². The van der Waals surface area contributed by atoms with Crippen LogP contribution < -0.4 is 4.90 Å². The summed E-state index contributed by atoms with van der Waals surface area (Å²) in [6.07, 6.45) is 4.43. The lowest BCUT2D eigenvalue weighted by Crippen LogP contribution is -2.48. The number of ketones is 1. The molecular weight excluding hydrogens is 362 g/mol. The van der Waals surface area contributed by atoms with Gasteiger partial charge in [0.25, 0.3) is 0 Å². The van der Waals surface area contributed by atoms with E-state index in [9.17, 15) is 9.59 Å². The molecule has 4 rings (SSSR count). The van der Waals surface area contributed by atoms with Gasteiger partial charge in [0.1, 0.15) is 0 Å². The third-order valence-electron chi connectivity index (χ3n) is 5.78. The quantitative estimate of drug-likeness (QED) is 0.647. The highest BCUT2D eigenvalue weighted by molar-refractivity contribution is 5.94. The first-order valence-electron chi connectivity index (χ1n) is 10.3. The number of hydrogen-bond acceptors (Lipinski definition) is 3. The fourth-order valence-electron chi connectivity index (χ4n) is 4.05. The van der Waals surface area contributed by atoms with Crippen LogP contribution in [0.25, 0.3) is 10.9 Å². The molecule has 2 heterocycles. The topological polar surface area (TPSA) is 56.4 Å². The highest BCUT2D eigenvalue weighted by Crippen LogP contribution is 2.21. The summed E-state index contributed by atoms with van der Waals surface area (Å²) in [6.45, 7) is 4.74. The number of aryl methyl sites for hydroxylation is 1. The van der Waals surface area contributed by atoms with Gasteiger partial charge in [0.15, 0.2) is 5.78 Å². The Hall–Kier alpha value is -3.08. The highest BCUT2D eigenvalue weighted by atomic mass is 16.2. The van der Waals surface area contributed by atoms with Crippen molar-refractivity contribution in [3.05, 3.63) is 65.9 Å². The molecule has 1 aromatic heterocycles. The van der Waals surface area contributed by atoms with Crippen LogP contribution in [0.5, 0.6) is 0 Å². The van der Waals surface area contributed by atoms with Gasteiger partial charge in [-0.2, -0.15) is 0 Å². The van der Waals surface area contributed by atoms with E-state index in [1.807, 2.05) is 35.2 Å². The molecule has 0 bridgehead atoms. The lowest BCUT2D eigenvalue weighted by atomic mass is 10.1. The van der Waals surface area contributed by atoms with Crippen molar-refractivity contribution in [3.63, 3.8) is 0 Å². The molecule has 1 amide bonds. The summed E-state index contributed by atoms with van der Waals surface area (Å²) in [6, 6.07) is 16.0. The van der Waals surface area contributed by atoms with Crippen LogP contribution in [0, 0.1) is 0 Å². The summed E-state index contributed by atoms with van der Waals surface area (Å²) in [5, 5.41) is 1.25. The fourth-order valence-corrected chi connectivity index (χ4v) is 4.05. The molecule has 1 N–H and O–H groups in total. The summed E-state index contributed by atoms with van der Waals surface area (Å²) in [7, 11) is 0. The maximum Gasteiger partial charge on any atom is 0.222 e. The Morgan fingerprint density at radius 3 is 2.41 bits per heavy atom. The predicted molar refractivity (Wildman–Crippen MR) is 116 cm³/mol. The number of carbonyl (C=O) groups excluding carboxylic acids is 2. The van der Waals surface area contributed by atoms with Gasteiger partial charge in [-0.15, -0.1) is 0 Å². The number of Topliss-reactive ketones (excluding diaryl/α,β-unsaturated/α-hetero) is 1. The van der Waals surface area contributed by atoms with Crippen LogP contribution in [0.15, 0.2) is 54.7 Å². The van der Waals surface area contributed by atoms with Gasteiger partial charge >= 0.3 is 0 Å². The number of aromatic nitrogens is 1. The zero-order valence-corrected chi connectivity index (χ0v) is 16.9. The van der Waals surface area contributed by atoms with Crippen LogP contribution in [-0.2, 0) is 11.2 Å². The first-order valence-corrected chi connectivity index (χ1v) is 10.3. The number of piperazine rings is 1. The van der Waals surface area contributed by atoms with E-state index in [0.717, 1.165) is 55.8 Å². The van der Waals surface area contributed by atoms with Crippen molar-refractivity contribution >= 4 is 28.3 Å². The van der Waals surface area contributed by atoms with Gasteiger partial charge in [-0.25, -0.2) is 0 Å². The molecule has 3 aromatic rings. The van der Waals surface area contributed by atoms with Crippen molar-refractivity contribution in [2.24, 2.45) is 0 Å². The van der Waals surface area contributed by atoms with E-state index in [0.29, 0.717) is 6.42 Å². The SMILES string of the molecule is CC(=O)c1ccc(N2CCN(C(=O)CCCc3c[nH]c4ccccc34)CC2)cc1. The van der Waals surface area contributed by atoms with Crippen LogP contribution >= 0.6 is 0 Å². The average Bonchev–Trinajstić information content (AvgIpc) is 3.17. The molecular formula is C24H27N3O2. The number of carbonyl (C=O) groups is 2. The van der Waals surface area contributed by atoms with Gasteiger partial charge in [-0.05, 0) is 55.7 Å².